The summed E-state index contributed by atoms with van der Waals surface area (Å²) in [6, 6.07) is 12.9. The third-order valence-electron chi connectivity index (χ3n) is 5.86. The first-order valence-corrected chi connectivity index (χ1v) is 12.4. The third-order valence-corrected chi connectivity index (χ3v) is 7.31. The number of piperazine rings is 1. The summed E-state index contributed by atoms with van der Waals surface area (Å²) in [5.41, 5.74) is 2.65. The van der Waals surface area contributed by atoms with Crippen LogP contribution in [0.3, 0.4) is 0 Å². The van der Waals surface area contributed by atoms with Crippen LogP contribution in [0, 0.1) is 0 Å². The van der Waals surface area contributed by atoms with E-state index in [9.17, 15) is 14.7 Å². The lowest BCUT2D eigenvalue weighted by Gasteiger charge is -2.39. The third kappa shape index (κ3) is 7.71. The summed E-state index contributed by atoms with van der Waals surface area (Å²) < 4.78 is 5.52. The van der Waals surface area contributed by atoms with E-state index in [1.807, 2.05) is 23.9 Å². The van der Waals surface area contributed by atoms with E-state index in [-0.39, 0.29) is 6.61 Å². The van der Waals surface area contributed by atoms with Gasteiger partial charge in [0.15, 0.2) is 0 Å². The smallest absolute Gasteiger partial charge is 0.328 e. The van der Waals surface area contributed by atoms with E-state index in [2.05, 4.69) is 34.1 Å². The van der Waals surface area contributed by atoms with Crippen LogP contribution in [-0.2, 0) is 16.0 Å². The first kappa shape index (κ1) is 27.0. The molecule has 0 bridgehead atoms. The van der Waals surface area contributed by atoms with E-state index < -0.39 is 11.9 Å². The van der Waals surface area contributed by atoms with Crippen molar-refractivity contribution in [3.05, 3.63) is 64.7 Å². The fourth-order valence-corrected chi connectivity index (χ4v) is 5.45. The molecular weight excluding hydrogens is 492 g/mol. The summed E-state index contributed by atoms with van der Waals surface area (Å²) in [6.45, 7) is 4.98. The van der Waals surface area contributed by atoms with Gasteiger partial charge in [-0.15, -0.1) is 0 Å². The number of carboxylic acid groups (broad SMARTS) is 2. The zero-order chi connectivity index (χ0) is 25.4. The van der Waals surface area contributed by atoms with E-state index in [1.54, 1.807) is 7.11 Å². The molecular formula is C25H29ClN2O6S. The summed E-state index contributed by atoms with van der Waals surface area (Å²) in [5, 5.41) is 25.6. The molecule has 3 N–H and O–H groups in total. The van der Waals surface area contributed by atoms with Gasteiger partial charge < -0.3 is 20.1 Å². The molecule has 0 amide bonds. The summed E-state index contributed by atoms with van der Waals surface area (Å²) in [5.74, 6) is -1.61. The van der Waals surface area contributed by atoms with Crippen LogP contribution in [0.15, 0.2) is 58.3 Å². The van der Waals surface area contributed by atoms with Gasteiger partial charge in [0.1, 0.15) is 5.75 Å². The molecule has 1 atom stereocenters. The summed E-state index contributed by atoms with van der Waals surface area (Å²) in [7, 11) is 1.72. The van der Waals surface area contributed by atoms with Crippen LogP contribution in [0.4, 0.5) is 0 Å². The Labute approximate surface area is 213 Å². The van der Waals surface area contributed by atoms with Crippen molar-refractivity contribution >= 4 is 35.3 Å². The van der Waals surface area contributed by atoms with Gasteiger partial charge in [-0.1, -0.05) is 23.4 Å². The lowest BCUT2D eigenvalue weighted by Crippen LogP contribution is -2.48. The Morgan fingerprint density at radius 3 is 2.31 bits per heavy atom. The van der Waals surface area contributed by atoms with Crippen molar-refractivity contribution in [3.63, 3.8) is 0 Å². The van der Waals surface area contributed by atoms with Gasteiger partial charge in [0.2, 0.25) is 0 Å². The summed E-state index contributed by atoms with van der Waals surface area (Å²) in [6.07, 6.45) is 2.06. The van der Waals surface area contributed by atoms with Crippen LogP contribution in [-0.4, -0.2) is 83.5 Å². The second-order valence-electron chi connectivity index (χ2n) is 8.09. The number of aliphatic hydroxyl groups is 1. The minimum atomic E-state index is -1.26. The summed E-state index contributed by atoms with van der Waals surface area (Å²) in [4.78, 5) is 26.6. The molecule has 1 fully saturated rings. The van der Waals surface area contributed by atoms with Crippen LogP contribution >= 0.6 is 23.4 Å². The maximum atomic E-state index is 9.55. The maximum absolute atomic E-state index is 9.55. The molecule has 0 aliphatic carbocycles. The minimum Gasteiger partial charge on any atom is -0.497 e. The van der Waals surface area contributed by atoms with Crippen LogP contribution in [0.5, 0.6) is 5.75 Å². The number of carbonyl (C=O) groups is 2. The van der Waals surface area contributed by atoms with E-state index >= 15 is 0 Å². The number of benzene rings is 2. The molecule has 2 heterocycles. The van der Waals surface area contributed by atoms with Gasteiger partial charge in [-0.25, -0.2) is 9.59 Å². The Morgan fingerprint density at radius 2 is 1.71 bits per heavy atom. The molecule has 2 aromatic carbocycles. The first-order chi connectivity index (χ1) is 16.8. The van der Waals surface area contributed by atoms with Crippen molar-refractivity contribution in [1.29, 1.82) is 0 Å². The Hall–Kier alpha value is -2.56. The molecule has 2 aliphatic heterocycles. The van der Waals surface area contributed by atoms with Crippen molar-refractivity contribution in [2.24, 2.45) is 0 Å². The number of hydrogen-bond acceptors (Lipinski definition) is 7. The number of methoxy groups -OCH3 is 1. The highest BCUT2D eigenvalue weighted by Gasteiger charge is 2.30. The molecule has 1 unspecified atom stereocenters. The Balaban J connectivity index is 0.000000371. The Morgan fingerprint density at radius 1 is 1.06 bits per heavy atom. The molecule has 0 radical (unpaired) electrons. The van der Waals surface area contributed by atoms with E-state index in [0.717, 1.165) is 49.9 Å². The van der Waals surface area contributed by atoms with Gasteiger partial charge in [0.25, 0.3) is 0 Å². The second-order valence-corrected chi connectivity index (χ2v) is 9.61. The van der Waals surface area contributed by atoms with E-state index in [4.69, 9.17) is 26.6 Å². The molecule has 188 valence electrons. The normalized spacial score (nSPS) is 18.1. The quantitative estimate of drug-likeness (QED) is 0.493. The average molecular weight is 521 g/mol. The largest absolute Gasteiger partial charge is 0.497 e. The van der Waals surface area contributed by atoms with Crippen molar-refractivity contribution in [2.75, 3.05) is 46.4 Å². The number of ether oxygens (including phenoxy) is 1. The van der Waals surface area contributed by atoms with Crippen LogP contribution in [0.2, 0.25) is 5.02 Å². The summed E-state index contributed by atoms with van der Waals surface area (Å²) >= 11 is 8.13. The van der Waals surface area contributed by atoms with Crippen LogP contribution in [0.25, 0.3) is 0 Å². The Kier molecular flexibility index (Phi) is 10.00. The van der Waals surface area contributed by atoms with Crippen LogP contribution < -0.4 is 4.74 Å². The van der Waals surface area contributed by atoms with Gasteiger partial charge in [0.05, 0.1) is 13.7 Å². The predicted octanol–water partition coefficient (Wildman–Crippen LogP) is 3.42. The zero-order valence-electron chi connectivity index (χ0n) is 19.4. The van der Waals surface area contributed by atoms with Gasteiger partial charge in [-0.2, -0.15) is 0 Å². The van der Waals surface area contributed by atoms with Crippen molar-refractivity contribution in [1.82, 2.24) is 9.80 Å². The molecule has 2 aromatic rings. The monoisotopic (exact) mass is 520 g/mol. The van der Waals surface area contributed by atoms with Gasteiger partial charge >= 0.3 is 11.9 Å². The number of β-amino-alcohol motifs (C(OH)–C–C–N with tert-alkyl or cyclic N) is 1. The molecule has 35 heavy (non-hydrogen) atoms. The number of fused-ring (bicyclic) bond motifs is 2. The zero-order valence-corrected chi connectivity index (χ0v) is 21.0. The van der Waals surface area contributed by atoms with Crippen molar-refractivity contribution in [2.45, 2.75) is 22.3 Å². The molecule has 0 saturated carbocycles. The van der Waals surface area contributed by atoms with E-state index in [0.29, 0.717) is 18.2 Å². The van der Waals surface area contributed by atoms with E-state index in [1.165, 1.54) is 20.9 Å². The molecule has 8 nitrogen and oxygen atoms in total. The van der Waals surface area contributed by atoms with Crippen molar-refractivity contribution in [3.8, 4) is 5.75 Å². The van der Waals surface area contributed by atoms with Gasteiger partial charge in [0, 0.05) is 65.7 Å². The number of aliphatic carboxylic acids is 2. The fraction of sp³-hybridized carbons (Fsp3) is 0.360. The SMILES string of the molecule is COc1ccc2c(c1)C(N1CCN(CCO)CC1)Cc1cc(Cl)ccc1S2.O=C(O)/C=C\C(=O)O. The number of halogens is 1. The predicted molar refractivity (Wildman–Crippen MR) is 135 cm³/mol. The number of carboxylic acids is 2. The standard InChI is InChI=1S/C21H25ClN2O2S.C4H4O4/c1-26-17-3-5-21-18(14-17)19(24-8-6-23(7-9-24)10-11-25)13-15-12-16(22)2-4-20(15)27-21;5-3(6)1-2-4(7)8/h2-5,12,14,19,25H,6-11,13H2,1H3;1-2H,(H,5,6)(H,7,8)/b;2-1-. The highest BCUT2D eigenvalue weighted by molar-refractivity contribution is 7.99. The first-order valence-electron chi connectivity index (χ1n) is 11.2. The number of rotatable bonds is 6. The lowest BCUT2D eigenvalue weighted by molar-refractivity contribution is -0.134. The van der Waals surface area contributed by atoms with Crippen LogP contribution in [0.1, 0.15) is 17.2 Å². The Bertz CT molecular complexity index is 1060. The number of nitrogens with zero attached hydrogens (tertiary/aromatic N) is 2. The highest BCUT2D eigenvalue weighted by atomic mass is 35.5. The molecule has 10 heteroatoms. The lowest BCUT2D eigenvalue weighted by atomic mass is 9.96. The van der Waals surface area contributed by atoms with Gasteiger partial charge in [-0.05, 0) is 53.9 Å². The maximum Gasteiger partial charge on any atom is 0.328 e. The topological polar surface area (TPSA) is 111 Å². The molecule has 1 saturated heterocycles. The fourth-order valence-electron chi connectivity index (χ4n) is 4.16. The van der Waals surface area contributed by atoms with Crippen molar-refractivity contribution < 1.29 is 29.6 Å². The highest BCUT2D eigenvalue weighted by Crippen LogP contribution is 2.44. The molecule has 0 spiro atoms. The molecule has 0 aromatic heterocycles. The van der Waals surface area contributed by atoms with Gasteiger partial charge in [-0.3, -0.25) is 9.80 Å². The second kappa shape index (κ2) is 12.9. The number of aliphatic hydroxyl groups excluding tert-OH is 1. The average Bonchev–Trinajstić information content (AvgIpc) is 3.00. The minimum absolute atomic E-state index is 0.228. The molecule has 4 rings (SSSR count). The number of hydrogen-bond donors (Lipinski definition) is 3. The molecule has 2 aliphatic rings.